The quantitative estimate of drug-likeness (QED) is 0.760. The smallest absolute Gasteiger partial charge is 0.158 e. The summed E-state index contributed by atoms with van der Waals surface area (Å²) < 4.78 is -0.649. The second-order valence-electron chi connectivity index (χ2n) is 4.02. The number of thioether (sulfide) groups is 2. The Labute approximate surface area is 122 Å². The zero-order chi connectivity index (χ0) is 13.7. The number of nitriles is 1. The van der Waals surface area contributed by atoms with Crippen molar-refractivity contribution in [2.75, 3.05) is 5.75 Å². The molecule has 1 heterocycles. The molecule has 0 aliphatic carbocycles. The van der Waals surface area contributed by atoms with Crippen molar-refractivity contribution < 1.29 is 0 Å². The summed E-state index contributed by atoms with van der Waals surface area (Å²) in [6.07, 6.45) is 4.20. The lowest BCUT2D eigenvalue weighted by atomic mass is 10.1. The zero-order valence-corrected chi connectivity index (χ0v) is 12.1. The predicted octanol–water partition coefficient (Wildman–Crippen LogP) is 4.58. The van der Waals surface area contributed by atoms with E-state index in [-0.39, 0.29) is 0 Å². The molecule has 0 saturated heterocycles. The van der Waals surface area contributed by atoms with Crippen LogP contribution in [0.25, 0.3) is 0 Å². The fourth-order valence-electron chi connectivity index (χ4n) is 1.80. The van der Waals surface area contributed by atoms with Crippen LogP contribution in [0.3, 0.4) is 0 Å². The number of hydrogen-bond donors (Lipinski definition) is 0. The van der Waals surface area contributed by atoms with Crippen molar-refractivity contribution in [1.29, 1.82) is 5.26 Å². The number of aliphatic imine (C=N–C) groups is 1. The lowest BCUT2D eigenvalue weighted by Gasteiger charge is -2.30. The second kappa shape index (κ2) is 6.14. The zero-order valence-electron chi connectivity index (χ0n) is 10.5. The number of hydrogen-bond acceptors (Lipinski definition) is 4. The summed E-state index contributed by atoms with van der Waals surface area (Å²) in [6.45, 7) is 7.49. The summed E-state index contributed by atoms with van der Waals surface area (Å²) in [7, 11) is 0. The summed E-state index contributed by atoms with van der Waals surface area (Å²) in [5.74, 6) is 0.752. The van der Waals surface area contributed by atoms with E-state index in [0.717, 1.165) is 21.4 Å². The van der Waals surface area contributed by atoms with Gasteiger partial charge in [-0.3, -0.25) is 0 Å². The molecule has 0 aromatic heterocycles. The summed E-state index contributed by atoms with van der Waals surface area (Å²) >= 11 is 3.14. The molecule has 2 rings (SSSR count). The van der Waals surface area contributed by atoms with Gasteiger partial charge in [0, 0.05) is 10.6 Å². The standard InChI is InChI=1S/C15H14N2S2/c1-3-9-15(11-16)14(18-10-4-2)17-12-7-5-6-8-13(12)19-15/h3-8H,1-2,9-10H2. The molecule has 19 heavy (non-hydrogen) atoms. The molecule has 0 radical (unpaired) electrons. The van der Waals surface area contributed by atoms with E-state index in [1.165, 1.54) is 0 Å². The summed E-state index contributed by atoms with van der Waals surface area (Å²) in [6, 6.07) is 10.3. The molecule has 1 aromatic carbocycles. The van der Waals surface area contributed by atoms with Gasteiger partial charge in [-0.25, -0.2) is 4.99 Å². The van der Waals surface area contributed by atoms with Crippen LogP contribution in [0.4, 0.5) is 5.69 Å². The molecule has 0 amide bonds. The summed E-state index contributed by atoms with van der Waals surface area (Å²) in [5.41, 5.74) is 0.939. The van der Waals surface area contributed by atoms with Gasteiger partial charge in [0.25, 0.3) is 0 Å². The normalized spacial score (nSPS) is 20.9. The highest BCUT2D eigenvalue weighted by Gasteiger charge is 2.40. The van der Waals surface area contributed by atoms with E-state index in [4.69, 9.17) is 0 Å². The van der Waals surface area contributed by atoms with Crippen LogP contribution in [0.5, 0.6) is 0 Å². The van der Waals surface area contributed by atoms with Crippen LogP contribution in [0.2, 0.25) is 0 Å². The Bertz CT molecular complexity index is 572. The molecule has 96 valence electrons. The second-order valence-corrected chi connectivity index (χ2v) is 6.37. The van der Waals surface area contributed by atoms with E-state index in [2.05, 4.69) is 24.2 Å². The van der Waals surface area contributed by atoms with E-state index in [1.54, 1.807) is 29.6 Å². The lowest BCUT2D eigenvalue weighted by molar-refractivity contribution is 0.955. The first kappa shape index (κ1) is 14.0. The molecule has 2 nitrogen and oxygen atoms in total. The molecule has 0 bridgehead atoms. The molecule has 0 N–H and O–H groups in total. The first-order valence-electron chi connectivity index (χ1n) is 5.89. The third-order valence-electron chi connectivity index (χ3n) is 2.67. The van der Waals surface area contributed by atoms with Gasteiger partial charge in [0.15, 0.2) is 4.75 Å². The van der Waals surface area contributed by atoms with Gasteiger partial charge >= 0.3 is 0 Å². The monoisotopic (exact) mass is 286 g/mol. The molecule has 1 unspecified atom stereocenters. The number of para-hydroxylation sites is 1. The highest BCUT2D eigenvalue weighted by atomic mass is 32.2. The fraction of sp³-hybridized carbons (Fsp3) is 0.200. The number of allylic oxidation sites excluding steroid dienone is 1. The van der Waals surface area contributed by atoms with Crippen LogP contribution in [0.15, 0.2) is 59.5 Å². The molecule has 1 aliphatic heterocycles. The average molecular weight is 286 g/mol. The number of fused-ring (bicyclic) bond motifs is 1. The van der Waals surface area contributed by atoms with Crippen molar-refractivity contribution in [3.8, 4) is 6.07 Å². The minimum Gasteiger partial charge on any atom is -0.243 e. The molecule has 1 atom stereocenters. The fourth-order valence-corrected chi connectivity index (χ4v) is 4.02. The number of benzene rings is 1. The molecule has 1 aromatic rings. The molecule has 0 saturated carbocycles. The maximum atomic E-state index is 9.63. The number of rotatable bonds is 4. The Morgan fingerprint density at radius 3 is 2.84 bits per heavy atom. The Morgan fingerprint density at radius 1 is 1.37 bits per heavy atom. The van der Waals surface area contributed by atoms with Crippen molar-refractivity contribution in [2.24, 2.45) is 4.99 Å². The third kappa shape index (κ3) is 2.78. The van der Waals surface area contributed by atoms with E-state index in [9.17, 15) is 5.26 Å². The van der Waals surface area contributed by atoms with Crippen LogP contribution in [-0.4, -0.2) is 15.5 Å². The van der Waals surface area contributed by atoms with Crippen molar-refractivity contribution in [3.63, 3.8) is 0 Å². The Kier molecular flexibility index (Phi) is 4.52. The predicted molar refractivity (Wildman–Crippen MR) is 85.2 cm³/mol. The highest BCUT2D eigenvalue weighted by molar-refractivity contribution is 8.17. The lowest BCUT2D eigenvalue weighted by Crippen LogP contribution is -2.32. The summed E-state index contributed by atoms with van der Waals surface area (Å²) in [4.78, 5) is 5.72. The van der Waals surface area contributed by atoms with Gasteiger partial charge in [0.2, 0.25) is 0 Å². The van der Waals surface area contributed by atoms with Gasteiger partial charge in [0.05, 0.1) is 11.8 Å². The van der Waals surface area contributed by atoms with Crippen molar-refractivity contribution in [3.05, 3.63) is 49.6 Å². The topological polar surface area (TPSA) is 36.1 Å². The van der Waals surface area contributed by atoms with Crippen LogP contribution in [0, 0.1) is 11.3 Å². The van der Waals surface area contributed by atoms with Gasteiger partial charge in [-0.15, -0.1) is 24.9 Å². The van der Waals surface area contributed by atoms with E-state index >= 15 is 0 Å². The largest absolute Gasteiger partial charge is 0.243 e. The van der Waals surface area contributed by atoms with Crippen LogP contribution in [-0.2, 0) is 0 Å². The molecule has 1 aliphatic rings. The van der Waals surface area contributed by atoms with Crippen molar-refractivity contribution in [2.45, 2.75) is 16.1 Å². The molecule has 4 heteroatoms. The first-order chi connectivity index (χ1) is 9.25. The molecular formula is C15H14N2S2. The van der Waals surface area contributed by atoms with E-state index in [0.29, 0.717) is 6.42 Å². The van der Waals surface area contributed by atoms with Gasteiger partial charge in [0.1, 0.15) is 5.04 Å². The first-order valence-corrected chi connectivity index (χ1v) is 7.69. The van der Waals surface area contributed by atoms with Gasteiger partial charge in [-0.2, -0.15) is 5.26 Å². The van der Waals surface area contributed by atoms with Crippen LogP contribution in [0.1, 0.15) is 6.42 Å². The van der Waals surface area contributed by atoms with Gasteiger partial charge in [-0.1, -0.05) is 36.0 Å². The molecule has 0 spiro atoms. The van der Waals surface area contributed by atoms with Gasteiger partial charge in [-0.05, 0) is 18.6 Å². The van der Waals surface area contributed by atoms with Crippen molar-refractivity contribution in [1.82, 2.24) is 0 Å². The molecular weight excluding hydrogens is 272 g/mol. The third-order valence-corrected chi connectivity index (χ3v) is 5.28. The van der Waals surface area contributed by atoms with Crippen LogP contribution < -0.4 is 0 Å². The summed E-state index contributed by atoms with van der Waals surface area (Å²) in [5, 5.41) is 10.5. The maximum Gasteiger partial charge on any atom is 0.158 e. The highest BCUT2D eigenvalue weighted by Crippen LogP contribution is 2.48. The minimum atomic E-state index is -0.649. The Morgan fingerprint density at radius 2 is 2.16 bits per heavy atom. The average Bonchev–Trinajstić information content (AvgIpc) is 2.45. The van der Waals surface area contributed by atoms with E-state index in [1.807, 2.05) is 30.3 Å². The van der Waals surface area contributed by atoms with Crippen molar-refractivity contribution >= 4 is 34.3 Å². The minimum absolute atomic E-state index is 0.589. The Balaban J connectivity index is 2.47. The molecule has 0 fully saturated rings. The maximum absolute atomic E-state index is 9.63. The SMILES string of the molecule is C=CCSC1=Nc2ccccc2SC1(C#N)CC=C. The number of nitrogens with zero attached hydrogens (tertiary/aromatic N) is 2. The van der Waals surface area contributed by atoms with Crippen LogP contribution >= 0.6 is 23.5 Å². The van der Waals surface area contributed by atoms with Gasteiger partial charge < -0.3 is 0 Å². The van der Waals surface area contributed by atoms with E-state index < -0.39 is 4.75 Å². The Hall–Kier alpha value is -1.44.